The second-order valence-corrected chi connectivity index (χ2v) is 7.71. The van der Waals surface area contributed by atoms with Crippen LogP contribution in [0.3, 0.4) is 0 Å². The van der Waals surface area contributed by atoms with Gasteiger partial charge in [-0.15, -0.1) is 0 Å². The molecule has 2 aromatic carbocycles. The van der Waals surface area contributed by atoms with Crippen molar-refractivity contribution < 1.29 is 4.79 Å². The average Bonchev–Trinajstić information content (AvgIpc) is 3.18. The number of benzene rings is 2. The van der Waals surface area contributed by atoms with Crippen LogP contribution in [0.25, 0.3) is 0 Å². The lowest BCUT2D eigenvalue weighted by atomic mass is 9.93. The fourth-order valence-corrected chi connectivity index (χ4v) is 3.99. The van der Waals surface area contributed by atoms with Gasteiger partial charge in [0.1, 0.15) is 0 Å². The second-order valence-electron chi connectivity index (χ2n) is 7.71. The zero-order valence-corrected chi connectivity index (χ0v) is 17.0. The predicted molar refractivity (Wildman–Crippen MR) is 115 cm³/mol. The molecule has 0 bridgehead atoms. The molecule has 4 rings (SSSR count). The average molecular weight is 399 g/mol. The molecule has 30 heavy (non-hydrogen) atoms. The standard InChI is InChI=1S/C24H25N5O/c1-17(20-12-10-18(14-25)11-13-20)27-24(30)28-22-8-5-9-23-21(22)15-26-29(23)16-19-6-3-2-4-7-19/h2-4,6-7,10-13,15,17,22H,5,8-9,16H2,1H3,(H2,27,28,30). The van der Waals surface area contributed by atoms with Gasteiger partial charge < -0.3 is 10.6 Å². The molecule has 6 heteroatoms. The molecule has 0 spiro atoms. The molecule has 3 aromatic rings. The van der Waals surface area contributed by atoms with Crippen LogP contribution in [-0.4, -0.2) is 15.8 Å². The maximum absolute atomic E-state index is 12.6. The van der Waals surface area contributed by atoms with Gasteiger partial charge in [-0.25, -0.2) is 4.79 Å². The Hall–Kier alpha value is -3.59. The summed E-state index contributed by atoms with van der Waals surface area (Å²) in [6.45, 7) is 2.68. The minimum absolute atomic E-state index is 0.0357. The first-order valence-electron chi connectivity index (χ1n) is 10.3. The molecule has 1 aliphatic carbocycles. The van der Waals surface area contributed by atoms with Crippen molar-refractivity contribution >= 4 is 6.03 Å². The molecule has 0 radical (unpaired) electrons. The lowest BCUT2D eigenvalue weighted by molar-refractivity contribution is 0.232. The summed E-state index contributed by atoms with van der Waals surface area (Å²) in [4.78, 5) is 12.6. The number of carbonyl (C=O) groups excluding carboxylic acids is 1. The van der Waals surface area contributed by atoms with Crippen LogP contribution in [-0.2, 0) is 13.0 Å². The summed E-state index contributed by atoms with van der Waals surface area (Å²) in [6, 6.07) is 19.3. The Balaban J connectivity index is 1.41. The zero-order chi connectivity index (χ0) is 20.9. The Morgan fingerprint density at radius 2 is 2.00 bits per heavy atom. The van der Waals surface area contributed by atoms with Gasteiger partial charge in [-0.2, -0.15) is 10.4 Å². The van der Waals surface area contributed by atoms with E-state index in [-0.39, 0.29) is 18.1 Å². The van der Waals surface area contributed by atoms with Crippen LogP contribution in [0.2, 0.25) is 0 Å². The molecule has 2 atom stereocenters. The Morgan fingerprint density at radius 3 is 2.73 bits per heavy atom. The van der Waals surface area contributed by atoms with Gasteiger partial charge in [-0.3, -0.25) is 4.68 Å². The lowest BCUT2D eigenvalue weighted by Crippen LogP contribution is -2.40. The molecule has 1 aromatic heterocycles. The summed E-state index contributed by atoms with van der Waals surface area (Å²) in [5.41, 5.74) is 5.10. The van der Waals surface area contributed by atoms with Crippen LogP contribution in [0.5, 0.6) is 0 Å². The largest absolute Gasteiger partial charge is 0.332 e. The van der Waals surface area contributed by atoms with Crippen LogP contribution in [0.15, 0.2) is 60.8 Å². The summed E-state index contributed by atoms with van der Waals surface area (Å²) in [5, 5.41) is 19.6. The number of nitrogens with one attached hydrogen (secondary N) is 2. The van der Waals surface area contributed by atoms with Gasteiger partial charge in [0, 0.05) is 11.3 Å². The molecule has 0 aliphatic heterocycles. The van der Waals surface area contributed by atoms with Crippen LogP contribution in [0.4, 0.5) is 4.79 Å². The molecule has 152 valence electrons. The number of amides is 2. The highest BCUT2D eigenvalue weighted by Crippen LogP contribution is 2.30. The highest BCUT2D eigenvalue weighted by molar-refractivity contribution is 5.75. The van der Waals surface area contributed by atoms with Crippen molar-refractivity contribution in [2.75, 3.05) is 0 Å². The Labute approximate surface area is 176 Å². The van der Waals surface area contributed by atoms with Crippen molar-refractivity contribution in [1.29, 1.82) is 5.26 Å². The molecular formula is C24H25N5O. The van der Waals surface area contributed by atoms with Crippen molar-refractivity contribution in [3.05, 3.63) is 88.7 Å². The SMILES string of the molecule is CC(NC(=O)NC1CCCc2c1cnn2Cc1ccccc1)c1ccc(C#N)cc1. The second kappa shape index (κ2) is 8.83. The number of rotatable bonds is 5. The van der Waals surface area contributed by atoms with E-state index in [0.29, 0.717) is 5.56 Å². The third-order valence-electron chi connectivity index (χ3n) is 5.63. The summed E-state index contributed by atoms with van der Waals surface area (Å²) in [6.07, 6.45) is 4.79. The van der Waals surface area contributed by atoms with Crippen LogP contribution < -0.4 is 10.6 Å². The van der Waals surface area contributed by atoms with Crippen molar-refractivity contribution in [3.63, 3.8) is 0 Å². The van der Waals surface area contributed by atoms with Crippen molar-refractivity contribution in [3.8, 4) is 6.07 Å². The van der Waals surface area contributed by atoms with Gasteiger partial charge in [0.05, 0.1) is 36.5 Å². The number of nitrogens with zero attached hydrogens (tertiary/aromatic N) is 3. The van der Waals surface area contributed by atoms with E-state index >= 15 is 0 Å². The van der Waals surface area contributed by atoms with Crippen LogP contribution >= 0.6 is 0 Å². The Morgan fingerprint density at radius 1 is 1.23 bits per heavy atom. The number of urea groups is 1. The monoisotopic (exact) mass is 399 g/mol. The van der Waals surface area contributed by atoms with E-state index in [4.69, 9.17) is 5.26 Å². The van der Waals surface area contributed by atoms with E-state index in [1.807, 2.05) is 43.5 Å². The van der Waals surface area contributed by atoms with E-state index < -0.39 is 0 Å². The van der Waals surface area contributed by atoms with Gasteiger partial charge in [-0.1, -0.05) is 42.5 Å². The molecule has 0 saturated heterocycles. The van der Waals surface area contributed by atoms with Crippen molar-refractivity contribution in [2.45, 2.75) is 44.8 Å². The quantitative estimate of drug-likeness (QED) is 0.673. The Bertz CT molecular complexity index is 1050. The number of hydrogen-bond acceptors (Lipinski definition) is 3. The zero-order valence-electron chi connectivity index (χ0n) is 17.0. The lowest BCUT2D eigenvalue weighted by Gasteiger charge is -2.25. The molecule has 0 fully saturated rings. The first-order chi connectivity index (χ1) is 14.6. The van der Waals surface area contributed by atoms with Crippen molar-refractivity contribution in [1.82, 2.24) is 20.4 Å². The third kappa shape index (κ3) is 4.36. The molecule has 1 heterocycles. The van der Waals surface area contributed by atoms with E-state index in [0.717, 1.165) is 36.9 Å². The normalized spacial score (nSPS) is 16.2. The first kappa shape index (κ1) is 19.7. The van der Waals surface area contributed by atoms with Gasteiger partial charge in [-0.05, 0) is 49.4 Å². The predicted octanol–water partition coefficient (Wildman–Crippen LogP) is 4.24. The van der Waals surface area contributed by atoms with E-state index in [2.05, 4.69) is 38.6 Å². The minimum atomic E-state index is -0.194. The third-order valence-corrected chi connectivity index (χ3v) is 5.63. The van der Waals surface area contributed by atoms with Crippen LogP contribution in [0.1, 0.15) is 59.8 Å². The molecule has 2 amide bonds. The summed E-state index contributed by atoms with van der Waals surface area (Å²) in [7, 11) is 0. The fraction of sp³-hybridized carbons (Fsp3) is 0.292. The number of aromatic nitrogens is 2. The topological polar surface area (TPSA) is 82.7 Å². The van der Waals surface area contributed by atoms with Gasteiger partial charge >= 0.3 is 6.03 Å². The van der Waals surface area contributed by atoms with Gasteiger partial charge in [0.2, 0.25) is 0 Å². The molecule has 2 unspecified atom stereocenters. The smallest absolute Gasteiger partial charge is 0.315 e. The maximum atomic E-state index is 12.6. The van der Waals surface area contributed by atoms with Crippen LogP contribution in [0, 0.1) is 11.3 Å². The summed E-state index contributed by atoms with van der Waals surface area (Å²) >= 11 is 0. The highest BCUT2D eigenvalue weighted by atomic mass is 16.2. The summed E-state index contributed by atoms with van der Waals surface area (Å²) in [5.74, 6) is 0. The summed E-state index contributed by atoms with van der Waals surface area (Å²) < 4.78 is 2.05. The van der Waals surface area contributed by atoms with Crippen molar-refractivity contribution in [2.24, 2.45) is 0 Å². The first-order valence-corrected chi connectivity index (χ1v) is 10.3. The van der Waals surface area contributed by atoms with Gasteiger partial charge in [0.15, 0.2) is 0 Å². The van der Waals surface area contributed by atoms with Gasteiger partial charge in [0.25, 0.3) is 0 Å². The molecule has 1 aliphatic rings. The Kier molecular flexibility index (Phi) is 5.80. The molecule has 2 N–H and O–H groups in total. The molecule has 0 saturated carbocycles. The molecule has 6 nitrogen and oxygen atoms in total. The fourth-order valence-electron chi connectivity index (χ4n) is 3.99. The van der Waals surface area contributed by atoms with E-state index in [1.165, 1.54) is 11.3 Å². The van der Waals surface area contributed by atoms with E-state index in [9.17, 15) is 4.79 Å². The molecular weight excluding hydrogens is 374 g/mol. The number of fused-ring (bicyclic) bond motifs is 1. The number of nitriles is 1. The van der Waals surface area contributed by atoms with E-state index in [1.54, 1.807) is 12.1 Å². The number of carbonyl (C=O) groups is 1. The number of hydrogen-bond donors (Lipinski definition) is 2. The minimum Gasteiger partial charge on any atom is -0.332 e. The highest BCUT2D eigenvalue weighted by Gasteiger charge is 2.26. The maximum Gasteiger partial charge on any atom is 0.315 e.